The van der Waals surface area contributed by atoms with Crippen LogP contribution in [-0.2, 0) is 4.74 Å². The summed E-state index contributed by atoms with van der Waals surface area (Å²) in [7, 11) is 0. The average Bonchev–Trinajstić information content (AvgIpc) is 2.29. The standard InChI is InChI=1S/C15H22O2/c1-6-14-8-7-9-15(13(14)5)17-12(4)10-16-11(2)3/h6-9,11-12H,1,10H2,2-5H3. The van der Waals surface area contributed by atoms with Gasteiger partial charge in [0.15, 0.2) is 0 Å². The van der Waals surface area contributed by atoms with Gasteiger partial charge in [-0.3, -0.25) is 0 Å². The van der Waals surface area contributed by atoms with E-state index in [0.29, 0.717) is 6.61 Å². The zero-order valence-electron chi connectivity index (χ0n) is 11.2. The second-order valence-electron chi connectivity index (χ2n) is 4.49. The van der Waals surface area contributed by atoms with Gasteiger partial charge in [0.05, 0.1) is 12.7 Å². The van der Waals surface area contributed by atoms with E-state index >= 15 is 0 Å². The highest BCUT2D eigenvalue weighted by Crippen LogP contribution is 2.23. The van der Waals surface area contributed by atoms with Crippen LogP contribution >= 0.6 is 0 Å². The molecule has 1 aromatic carbocycles. The Morgan fingerprint density at radius 3 is 2.59 bits per heavy atom. The second-order valence-corrected chi connectivity index (χ2v) is 4.49. The van der Waals surface area contributed by atoms with Crippen LogP contribution in [0.2, 0.25) is 0 Å². The summed E-state index contributed by atoms with van der Waals surface area (Å²) in [6.07, 6.45) is 2.13. The average molecular weight is 234 g/mol. The molecule has 0 fully saturated rings. The fraction of sp³-hybridized carbons (Fsp3) is 0.467. The molecule has 0 spiro atoms. The molecule has 0 aliphatic heterocycles. The van der Waals surface area contributed by atoms with Crippen LogP contribution in [-0.4, -0.2) is 18.8 Å². The smallest absolute Gasteiger partial charge is 0.123 e. The molecule has 0 heterocycles. The Hall–Kier alpha value is -1.28. The minimum Gasteiger partial charge on any atom is -0.488 e. The van der Waals surface area contributed by atoms with Gasteiger partial charge in [0.25, 0.3) is 0 Å². The number of ether oxygens (including phenoxy) is 2. The maximum atomic E-state index is 5.87. The van der Waals surface area contributed by atoms with Crippen LogP contribution in [0.25, 0.3) is 6.08 Å². The Morgan fingerprint density at radius 1 is 1.29 bits per heavy atom. The van der Waals surface area contributed by atoms with Crippen molar-refractivity contribution in [2.75, 3.05) is 6.61 Å². The minimum absolute atomic E-state index is 0.0520. The molecule has 2 nitrogen and oxygen atoms in total. The molecule has 0 saturated carbocycles. The molecule has 0 radical (unpaired) electrons. The van der Waals surface area contributed by atoms with Gasteiger partial charge in [-0.1, -0.05) is 24.8 Å². The number of benzene rings is 1. The summed E-state index contributed by atoms with van der Waals surface area (Å²) in [5, 5.41) is 0. The van der Waals surface area contributed by atoms with Gasteiger partial charge in [0.1, 0.15) is 11.9 Å². The molecule has 2 heteroatoms. The minimum atomic E-state index is 0.0520. The van der Waals surface area contributed by atoms with E-state index in [1.165, 1.54) is 0 Å². The highest BCUT2D eigenvalue weighted by Gasteiger charge is 2.08. The SMILES string of the molecule is C=Cc1cccc(OC(C)COC(C)C)c1C. The van der Waals surface area contributed by atoms with Gasteiger partial charge >= 0.3 is 0 Å². The lowest BCUT2D eigenvalue weighted by Gasteiger charge is -2.18. The largest absolute Gasteiger partial charge is 0.488 e. The second kappa shape index (κ2) is 6.45. The molecule has 0 aromatic heterocycles. The van der Waals surface area contributed by atoms with Crippen LogP contribution in [0.15, 0.2) is 24.8 Å². The molecule has 0 bridgehead atoms. The normalized spacial score (nSPS) is 12.5. The maximum absolute atomic E-state index is 5.87. The predicted octanol–water partition coefficient (Wildman–Crippen LogP) is 3.83. The van der Waals surface area contributed by atoms with Crippen LogP contribution < -0.4 is 4.74 Å². The summed E-state index contributed by atoms with van der Waals surface area (Å²) in [6.45, 7) is 12.5. The first kappa shape index (κ1) is 13.8. The monoisotopic (exact) mass is 234 g/mol. The van der Waals surface area contributed by atoms with Gasteiger partial charge < -0.3 is 9.47 Å². The van der Waals surface area contributed by atoms with E-state index in [-0.39, 0.29) is 12.2 Å². The van der Waals surface area contributed by atoms with Crippen LogP contribution in [0.1, 0.15) is 31.9 Å². The van der Waals surface area contributed by atoms with E-state index in [4.69, 9.17) is 9.47 Å². The highest BCUT2D eigenvalue weighted by atomic mass is 16.5. The van der Waals surface area contributed by atoms with Crippen molar-refractivity contribution in [3.05, 3.63) is 35.9 Å². The molecule has 0 aliphatic rings. The van der Waals surface area contributed by atoms with E-state index in [1.54, 1.807) is 0 Å². The van der Waals surface area contributed by atoms with Gasteiger partial charge in [-0.2, -0.15) is 0 Å². The fourth-order valence-electron chi connectivity index (χ4n) is 1.56. The van der Waals surface area contributed by atoms with Crippen molar-refractivity contribution in [1.82, 2.24) is 0 Å². The van der Waals surface area contributed by atoms with E-state index in [1.807, 2.05) is 52.0 Å². The van der Waals surface area contributed by atoms with Gasteiger partial charge in [0, 0.05) is 0 Å². The zero-order chi connectivity index (χ0) is 12.8. The number of hydrogen-bond donors (Lipinski definition) is 0. The van der Waals surface area contributed by atoms with Crippen LogP contribution in [0.5, 0.6) is 5.75 Å². The Balaban J connectivity index is 2.65. The van der Waals surface area contributed by atoms with E-state index < -0.39 is 0 Å². The summed E-state index contributed by atoms with van der Waals surface area (Å²) in [5.74, 6) is 0.905. The number of hydrogen-bond acceptors (Lipinski definition) is 2. The third kappa shape index (κ3) is 4.23. The van der Waals surface area contributed by atoms with E-state index in [2.05, 4.69) is 6.58 Å². The third-order valence-corrected chi connectivity index (χ3v) is 2.54. The first-order chi connectivity index (χ1) is 8.04. The molecule has 0 amide bonds. The molecule has 1 aromatic rings. The molecule has 0 saturated heterocycles. The predicted molar refractivity (Wildman–Crippen MR) is 72.4 cm³/mol. The maximum Gasteiger partial charge on any atom is 0.123 e. The van der Waals surface area contributed by atoms with Gasteiger partial charge in [-0.15, -0.1) is 0 Å². The summed E-state index contributed by atoms with van der Waals surface area (Å²) in [6, 6.07) is 5.99. The lowest BCUT2D eigenvalue weighted by atomic mass is 10.1. The molecular weight excluding hydrogens is 212 g/mol. The molecule has 1 atom stereocenters. The van der Waals surface area contributed by atoms with Crippen molar-refractivity contribution in [1.29, 1.82) is 0 Å². The van der Waals surface area contributed by atoms with Gasteiger partial charge in [-0.25, -0.2) is 0 Å². The molecule has 17 heavy (non-hydrogen) atoms. The Morgan fingerprint density at radius 2 is 2.00 bits per heavy atom. The van der Waals surface area contributed by atoms with Crippen molar-refractivity contribution < 1.29 is 9.47 Å². The first-order valence-corrected chi connectivity index (χ1v) is 6.05. The third-order valence-electron chi connectivity index (χ3n) is 2.54. The van der Waals surface area contributed by atoms with E-state index in [9.17, 15) is 0 Å². The summed E-state index contributed by atoms with van der Waals surface area (Å²) < 4.78 is 11.4. The molecule has 94 valence electrons. The summed E-state index contributed by atoms with van der Waals surface area (Å²) in [4.78, 5) is 0. The zero-order valence-corrected chi connectivity index (χ0v) is 11.2. The molecule has 1 rings (SSSR count). The highest BCUT2D eigenvalue weighted by molar-refractivity contribution is 5.55. The van der Waals surface area contributed by atoms with Crippen molar-refractivity contribution in [3.8, 4) is 5.75 Å². The van der Waals surface area contributed by atoms with Crippen LogP contribution in [0.3, 0.4) is 0 Å². The summed E-state index contributed by atoms with van der Waals surface area (Å²) >= 11 is 0. The summed E-state index contributed by atoms with van der Waals surface area (Å²) in [5.41, 5.74) is 2.23. The van der Waals surface area contributed by atoms with Crippen molar-refractivity contribution >= 4 is 6.08 Å². The van der Waals surface area contributed by atoms with Crippen LogP contribution in [0, 0.1) is 6.92 Å². The molecule has 0 N–H and O–H groups in total. The molecule has 0 aliphatic carbocycles. The van der Waals surface area contributed by atoms with Gasteiger partial charge in [0.2, 0.25) is 0 Å². The lowest BCUT2D eigenvalue weighted by molar-refractivity contribution is 0.0228. The number of rotatable bonds is 6. The van der Waals surface area contributed by atoms with Gasteiger partial charge in [-0.05, 0) is 44.9 Å². The molecule has 1 unspecified atom stereocenters. The van der Waals surface area contributed by atoms with E-state index in [0.717, 1.165) is 16.9 Å². The Bertz CT molecular complexity index is 369. The Labute approximate surface area is 104 Å². The fourth-order valence-corrected chi connectivity index (χ4v) is 1.56. The molecular formula is C15H22O2. The topological polar surface area (TPSA) is 18.5 Å². The quantitative estimate of drug-likeness (QED) is 0.744. The van der Waals surface area contributed by atoms with Crippen LogP contribution in [0.4, 0.5) is 0 Å². The van der Waals surface area contributed by atoms with Crippen molar-refractivity contribution in [3.63, 3.8) is 0 Å². The lowest BCUT2D eigenvalue weighted by Crippen LogP contribution is -2.21. The Kier molecular flexibility index (Phi) is 5.23. The van der Waals surface area contributed by atoms with Crippen molar-refractivity contribution in [2.45, 2.75) is 39.9 Å². The first-order valence-electron chi connectivity index (χ1n) is 6.05. The van der Waals surface area contributed by atoms with Crippen molar-refractivity contribution in [2.24, 2.45) is 0 Å².